The molecule has 1 saturated heterocycles. The monoisotopic (exact) mass is 379 g/mol. The van der Waals surface area contributed by atoms with Crippen LogP contribution in [-0.2, 0) is 6.61 Å². The number of thiophene rings is 1. The summed E-state index contributed by atoms with van der Waals surface area (Å²) in [6, 6.07) is 18.7. The van der Waals surface area contributed by atoms with Crippen LogP contribution in [0.1, 0.15) is 10.4 Å². The molecule has 0 amide bonds. The number of nitrogens with zero attached hydrogens (tertiary/aromatic N) is 1. The molecule has 0 unspecified atom stereocenters. The molecule has 1 aliphatic rings. The standard InChI is InChI=1S/C22H25N3OS/c1-16-19(17-6-3-2-4-7-17)8-5-9-21(16)26-15-18-14-20(23)22(27-18)25-12-10-24-11-13-25/h2-9,14,24H,10-13,15,23H2,1H3. The van der Waals surface area contributed by atoms with Crippen molar-refractivity contribution in [3.63, 3.8) is 0 Å². The van der Waals surface area contributed by atoms with Crippen LogP contribution >= 0.6 is 11.3 Å². The third-order valence-corrected chi connectivity index (χ3v) is 6.12. The highest BCUT2D eigenvalue weighted by Crippen LogP contribution is 2.35. The Bertz CT molecular complexity index is 901. The fourth-order valence-electron chi connectivity index (χ4n) is 3.48. The lowest BCUT2D eigenvalue weighted by Crippen LogP contribution is -2.43. The van der Waals surface area contributed by atoms with E-state index in [4.69, 9.17) is 10.5 Å². The van der Waals surface area contributed by atoms with Gasteiger partial charge in [-0.1, -0.05) is 42.5 Å². The maximum Gasteiger partial charge on any atom is 0.123 e. The fraction of sp³-hybridized carbons (Fsp3) is 0.273. The molecule has 4 nitrogen and oxygen atoms in total. The van der Waals surface area contributed by atoms with Crippen molar-refractivity contribution in [2.75, 3.05) is 36.8 Å². The van der Waals surface area contributed by atoms with E-state index in [1.165, 1.54) is 16.1 Å². The number of nitrogens with two attached hydrogens (primary N) is 1. The van der Waals surface area contributed by atoms with Crippen molar-refractivity contribution in [3.8, 4) is 16.9 Å². The van der Waals surface area contributed by atoms with Gasteiger partial charge in [0.05, 0.1) is 5.69 Å². The smallest absolute Gasteiger partial charge is 0.123 e. The number of hydrogen-bond acceptors (Lipinski definition) is 5. The third kappa shape index (κ3) is 3.94. The predicted molar refractivity (Wildman–Crippen MR) is 115 cm³/mol. The van der Waals surface area contributed by atoms with E-state index in [0.717, 1.165) is 48.1 Å². The van der Waals surface area contributed by atoms with E-state index in [0.29, 0.717) is 6.61 Å². The fourth-order valence-corrected chi connectivity index (χ4v) is 4.52. The lowest BCUT2D eigenvalue weighted by Gasteiger charge is -2.28. The Kier molecular flexibility index (Phi) is 5.32. The SMILES string of the molecule is Cc1c(OCc2cc(N)c(N3CCNCC3)s2)cccc1-c1ccccc1. The topological polar surface area (TPSA) is 50.5 Å². The van der Waals surface area contributed by atoms with Gasteiger partial charge in [0.25, 0.3) is 0 Å². The molecule has 1 aliphatic heterocycles. The first-order valence-corrected chi connectivity index (χ1v) is 10.2. The van der Waals surface area contributed by atoms with Gasteiger partial charge in [0, 0.05) is 31.1 Å². The normalized spacial score (nSPS) is 14.3. The van der Waals surface area contributed by atoms with Crippen molar-refractivity contribution in [1.29, 1.82) is 0 Å². The molecule has 2 aromatic carbocycles. The lowest BCUT2D eigenvalue weighted by molar-refractivity contribution is 0.308. The van der Waals surface area contributed by atoms with E-state index < -0.39 is 0 Å². The van der Waals surface area contributed by atoms with Crippen LogP contribution in [0.2, 0.25) is 0 Å². The van der Waals surface area contributed by atoms with E-state index in [9.17, 15) is 0 Å². The lowest BCUT2D eigenvalue weighted by atomic mass is 10.00. The predicted octanol–water partition coefficient (Wildman–Crippen LogP) is 4.29. The van der Waals surface area contributed by atoms with Crippen LogP contribution in [-0.4, -0.2) is 26.2 Å². The van der Waals surface area contributed by atoms with Crippen molar-refractivity contribution in [3.05, 3.63) is 65.0 Å². The minimum absolute atomic E-state index is 0.542. The molecule has 1 fully saturated rings. The highest BCUT2D eigenvalue weighted by atomic mass is 32.1. The van der Waals surface area contributed by atoms with Crippen LogP contribution < -0.4 is 20.7 Å². The minimum atomic E-state index is 0.542. The van der Waals surface area contributed by atoms with Crippen molar-refractivity contribution < 1.29 is 4.74 Å². The van der Waals surface area contributed by atoms with Crippen molar-refractivity contribution in [2.45, 2.75) is 13.5 Å². The molecule has 0 spiro atoms. The van der Waals surface area contributed by atoms with Gasteiger partial charge in [0.2, 0.25) is 0 Å². The van der Waals surface area contributed by atoms with Crippen LogP contribution in [0.25, 0.3) is 11.1 Å². The number of anilines is 2. The summed E-state index contributed by atoms with van der Waals surface area (Å²) in [5.41, 5.74) is 10.7. The number of benzene rings is 2. The number of piperazine rings is 1. The molecule has 0 radical (unpaired) electrons. The number of nitrogen functional groups attached to an aromatic ring is 1. The summed E-state index contributed by atoms with van der Waals surface area (Å²) in [5.74, 6) is 0.923. The van der Waals surface area contributed by atoms with Gasteiger partial charge < -0.3 is 20.7 Å². The van der Waals surface area contributed by atoms with Gasteiger partial charge in [0.1, 0.15) is 17.4 Å². The molecular weight excluding hydrogens is 354 g/mol. The second-order valence-electron chi connectivity index (χ2n) is 6.79. The Balaban J connectivity index is 1.49. The quantitative estimate of drug-likeness (QED) is 0.694. The van der Waals surface area contributed by atoms with E-state index in [1.54, 1.807) is 11.3 Å². The Morgan fingerprint density at radius 3 is 2.63 bits per heavy atom. The zero-order valence-corrected chi connectivity index (χ0v) is 16.4. The summed E-state index contributed by atoms with van der Waals surface area (Å²) in [6.07, 6.45) is 0. The van der Waals surface area contributed by atoms with Crippen molar-refractivity contribution in [2.24, 2.45) is 0 Å². The Morgan fingerprint density at radius 2 is 1.85 bits per heavy atom. The molecule has 4 rings (SSSR count). The van der Waals surface area contributed by atoms with Gasteiger partial charge in [-0.25, -0.2) is 0 Å². The summed E-state index contributed by atoms with van der Waals surface area (Å²) in [4.78, 5) is 3.52. The van der Waals surface area contributed by atoms with Crippen molar-refractivity contribution >= 4 is 22.0 Å². The Hall–Kier alpha value is -2.50. The molecule has 140 valence electrons. The second kappa shape index (κ2) is 8.03. The van der Waals surface area contributed by atoms with Gasteiger partial charge in [-0.3, -0.25) is 0 Å². The molecule has 1 aromatic heterocycles. The number of rotatable bonds is 5. The van der Waals surface area contributed by atoms with Crippen LogP contribution in [0.3, 0.4) is 0 Å². The van der Waals surface area contributed by atoms with Gasteiger partial charge in [0.15, 0.2) is 0 Å². The molecule has 0 atom stereocenters. The zero-order chi connectivity index (χ0) is 18.6. The molecule has 0 saturated carbocycles. The average Bonchev–Trinajstić information content (AvgIpc) is 3.09. The maximum atomic E-state index is 6.26. The van der Waals surface area contributed by atoms with Gasteiger partial charge >= 0.3 is 0 Å². The van der Waals surface area contributed by atoms with E-state index in [-0.39, 0.29) is 0 Å². The van der Waals surface area contributed by atoms with Gasteiger partial charge in [-0.2, -0.15) is 0 Å². The summed E-state index contributed by atoms with van der Waals surface area (Å²) >= 11 is 1.74. The molecular formula is C22H25N3OS. The molecule has 0 bridgehead atoms. The summed E-state index contributed by atoms with van der Waals surface area (Å²) < 4.78 is 6.16. The highest BCUT2D eigenvalue weighted by molar-refractivity contribution is 7.16. The third-order valence-electron chi connectivity index (χ3n) is 4.93. The minimum Gasteiger partial charge on any atom is -0.488 e. The largest absolute Gasteiger partial charge is 0.488 e. The first kappa shape index (κ1) is 17.9. The van der Waals surface area contributed by atoms with Crippen molar-refractivity contribution in [1.82, 2.24) is 5.32 Å². The summed E-state index contributed by atoms with van der Waals surface area (Å²) in [6.45, 7) is 6.68. The van der Waals surface area contributed by atoms with E-state index in [1.807, 2.05) is 12.1 Å². The van der Waals surface area contributed by atoms with Crippen LogP contribution in [0.4, 0.5) is 10.7 Å². The molecule has 5 heteroatoms. The Labute approximate surface area is 164 Å². The van der Waals surface area contributed by atoms with E-state index >= 15 is 0 Å². The first-order chi connectivity index (χ1) is 13.2. The maximum absolute atomic E-state index is 6.26. The average molecular weight is 380 g/mol. The van der Waals surface area contributed by atoms with Crippen LogP contribution in [0, 0.1) is 6.92 Å². The first-order valence-electron chi connectivity index (χ1n) is 9.34. The molecule has 2 heterocycles. The summed E-state index contributed by atoms with van der Waals surface area (Å²) in [5, 5.41) is 4.55. The Morgan fingerprint density at radius 1 is 1.07 bits per heavy atom. The molecule has 0 aliphatic carbocycles. The number of hydrogen-bond donors (Lipinski definition) is 2. The molecule has 3 aromatic rings. The molecule has 3 N–H and O–H groups in total. The second-order valence-corrected chi connectivity index (χ2v) is 7.91. The highest BCUT2D eigenvalue weighted by Gasteiger charge is 2.17. The van der Waals surface area contributed by atoms with Gasteiger partial charge in [-0.05, 0) is 35.7 Å². The van der Waals surface area contributed by atoms with Crippen LogP contribution in [0.5, 0.6) is 5.75 Å². The molecule has 27 heavy (non-hydrogen) atoms. The zero-order valence-electron chi connectivity index (χ0n) is 15.6. The summed E-state index contributed by atoms with van der Waals surface area (Å²) in [7, 11) is 0. The number of nitrogens with one attached hydrogen (secondary N) is 1. The number of ether oxygens (including phenoxy) is 1. The van der Waals surface area contributed by atoms with E-state index in [2.05, 4.69) is 59.6 Å². The van der Waals surface area contributed by atoms with Crippen LogP contribution in [0.15, 0.2) is 54.6 Å². The van der Waals surface area contributed by atoms with Gasteiger partial charge in [-0.15, -0.1) is 11.3 Å².